The molecule has 0 atom stereocenters. The van der Waals surface area contributed by atoms with E-state index in [2.05, 4.69) is 30.3 Å². The third-order valence-corrected chi connectivity index (χ3v) is 4.46. The normalized spacial score (nSPS) is 14.1. The van der Waals surface area contributed by atoms with Crippen LogP contribution >= 0.6 is 0 Å². The standard InChI is InChI=1S/C19H20N6O2/c26-18(16-11-17(27-24-16)14-5-4-7-20-12-14)22-13-15-6-8-21-19(23-15)25-9-2-1-3-10-25/h4-8,11-12H,1-3,9-10,13H2,(H,22,26). The fourth-order valence-corrected chi connectivity index (χ4v) is 3.02. The fraction of sp³-hybridized carbons (Fsp3) is 0.316. The highest BCUT2D eigenvalue weighted by atomic mass is 16.5. The molecule has 4 rings (SSSR count). The van der Waals surface area contributed by atoms with Gasteiger partial charge in [-0.3, -0.25) is 9.78 Å². The topological polar surface area (TPSA) is 97.0 Å². The molecule has 0 aliphatic carbocycles. The zero-order valence-electron chi connectivity index (χ0n) is 14.8. The molecular weight excluding hydrogens is 344 g/mol. The van der Waals surface area contributed by atoms with E-state index >= 15 is 0 Å². The van der Waals surface area contributed by atoms with Crippen LogP contribution in [-0.4, -0.2) is 39.1 Å². The summed E-state index contributed by atoms with van der Waals surface area (Å²) >= 11 is 0. The lowest BCUT2D eigenvalue weighted by Gasteiger charge is -2.26. The van der Waals surface area contributed by atoms with Crippen LogP contribution in [0, 0.1) is 0 Å². The van der Waals surface area contributed by atoms with Crippen molar-refractivity contribution >= 4 is 11.9 Å². The summed E-state index contributed by atoms with van der Waals surface area (Å²) in [5, 5.41) is 6.66. The minimum atomic E-state index is -0.313. The number of anilines is 1. The predicted molar refractivity (Wildman–Crippen MR) is 99.0 cm³/mol. The number of hydrogen-bond acceptors (Lipinski definition) is 7. The Morgan fingerprint density at radius 1 is 1.19 bits per heavy atom. The molecule has 1 saturated heterocycles. The van der Waals surface area contributed by atoms with E-state index in [0.29, 0.717) is 12.3 Å². The van der Waals surface area contributed by atoms with Crippen LogP contribution in [0.3, 0.4) is 0 Å². The lowest BCUT2D eigenvalue weighted by atomic mass is 10.1. The Kier molecular flexibility index (Phi) is 5.04. The van der Waals surface area contributed by atoms with E-state index in [9.17, 15) is 4.79 Å². The first-order chi connectivity index (χ1) is 13.3. The van der Waals surface area contributed by atoms with Gasteiger partial charge in [-0.05, 0) is 37.5 Å². The number of hydrogen-bond donors (Lipinski definition) is 1. The number of carbonyl (C=O) groups is 1. The Bertz CT molecular complexity index is 905. The second-order valence-electron chi connectivity index (χ2n) is 6.40. The van der Waals surface area contributed by atoms with Crippen LogP contribution < -0.4 is 10.2 Å². The zero-order valence-corrected chi connectivity index (χ0v) is 14.8. The van der Waals surface area contributed by atoms with Gasteiger partial charge in [-0.25, -0.2) is 9.97 Å². The minimum Gasteiger partial charge on any atom is -0.355 e. The van der Waals surface area contributed by atoms with Crippen molar-refractivity contribution in [3.05, 3.63) is 54.2 Å². The molecule has 0 radical (unpaired) electrons. The molecule has 3 aromatic heterocycles. The second-order valence-corrected chi connectivity index (χ2v) is 6.40. The molecule has 3 aromatic rings. The number of piperidine rings is 1. The van der Waals surface area contributed by atoms with Gasteiger partial charge in [0.1, 0.15) is 0 Å². The van der Waals surface area contributed by atoms with Gasteiger partial charge in [-0.15, -0.1) is 0 Å². The summed E-state index contributed by atoms with van der Waals surface area (Å²) in [6, 6.07) is 7.05. The molecule has 4 heterocycles. The largest absolute Gasteiger partial charge is 0.355 e. The Balaban J connectivity index is 1.39. The van der Waals surface area contributed by atoms with E-state index in [1.807, 2.05) is 6.07 Å². The van der Waals surface area contributed by atoms with Crippen molar-refractivity contribution in [1.29, 1.82) is 0 Å². The molecule has 0 aromatic carbocycles. The quantitative estimate of drug-likeness (QED) is 0.742. The SMILES string of the molecule is O=C(NCc1ccnc(N2CCCCC2)n1)c1cc(-c2cccnc2)on1. The Morgan fingerprint density at radius 3 is 2.89 bits per heavy atom. The van der Waals surface area contributed by atoms with Gasteiger partial charge in [0, 0.05) is 43.3 Å². The molecular formula is C19H20N6O2. The summed E-state index contributed by atoms with van der Waals surface area (Å²) in [7, 11) is 0. The van der Waals surface area contributed by atoms with Gasteiger partial charge in [-0.2, -0.15) is 0 Å². The van der Waals surface area contributed by atoms with Gasteiger partial charge in [-0.1, -0.05) is 5.16 Å². The molecule has 0 unspecified atom stereocenters. The van der Waals surface area contributed by atoms with E-state index in [0.717, 1.165) is 43.1 Å². The van der Waals surface area contributed by atoms with Crippen LogP contribution in [-0.2, 0) is 6.54 Å². The Morgan fingerprint density at radius 2 is 2.07 bits per heavy atom. The number of nitrogens with zero attached hydrogens (tertiary/aromatic N) is 5. The monoisotopic (exact) mass is 364 g/mol. The molecule has 0 spiro atoms. The summed E-state index contributed by atoms with van der Waals surface area (Å²) in [5.41, 5.74) is 1.75. The lowest BCUT2D eigenvalue weighted by molar-refractivity contribution is 0.0941. The van der Waals surface area contributed by atoms with Crippen LogP contribution in [0.15, 0.2) is 47.4 Å². The van der Waals surface area contributed by atoms with Crippen molar-refractivity contribution in [3.63, 3.8) is 0 Å². The van der Waals surface area contributed by atoms with E-state index in [-0.39, 0.29) is 11.6 Å². The number of pyridine rings is 1. The number of rotatable bonds is 5. The third-order valence-electron chi connectivity index (χ3n) is 4.46. The van der Waals surface area contributed by atoms with E-state index < -0.39 is 0 Å². The number of carbonyl (C=O) groups excluding carboxylic acids is 1. The van der Waals surface area contributed by atoms with E-state index in [1.54, 1.807) is 36.8 Å². The molecule has 8 nitrogen and oxygen atoms in total. The molecule has 1 aliphatic heterocycles. The van der Waals surface area contributed by atoms with Crippen molar-refractivity contribution < 1.29 is 9.32 Å². The molecule has 1 aliphatic rings. The Labute approximate surface area is 156 Å². The van der Waals surface area contributed by atoms with Crippen molar-refractivity contribution in [2.75, 3.05) is 18.0 Å². The lowest BCUT2D eigenvalue weighted by Crippen LogP contribution is -2.31. The Hall–Kier alpha value is -3.29. The van der Waals surface area contributed by atoms with Gasteiger partial charge < -0.3 is 14.7 Å². The molecule has 138 valence electrons. The highest BCUT2D eigenvalue weighted by Gasteiger charge is 2.16. The average molecular weight is 364 g/mol. The first kappa shape index (κ1) is 17.1. The summed E-state index contributed by atoms with van der Waals surface area (Å²) < 4.78 is 5.24. The number of nitrogens with one attached hydrogen (secondary N) is 1. The molecule has 1 fully saturated rings. The predicted octanol–water partition coefficient (Wildman–Crippen LogP) is 2.45. The van der Waals surface area contributed by atoms with Crippen LogP contribution in [0.25, 0.3) is 11.3 Å². The fourth-order valence-electron chi connectivity index (χ4n) is 3.02. The van der Waals surface area contributed by atoms with Gasteiger partial charge >= 0.3 is 0 Å². The molecule has 1 amide bonds. The van der Waals surface area contributed by atoms with Crippen LogP contribution in [0.1, 0.15) is 35.4 Å². The highest BCUT2D eigenvalue weighted by Crippen LogP contribution is 2.19. The third kappa shape index (κ3) is 4.11. The second kappa shape index (κ2) is 7.94. The van der Waals surface area contributed by atoms with Gasteiger partial charge in [0.2, 0.25) is 5.95 Å². The van der Waals surface area contributed by atoms with E-state index in [4.69, 9.17) is 4.52 Å². The summed E-state index contributed by atoms with van der Waals surface area (Å²) in [4.78, 5) is 27.5. The number of amides is 1. The first-order valence-electron chi connectivity index (χ1n) is 9.02. The maximum Gasteiger partial charge on any atom is 0.273 e. The maximum atomic E-state index is 12.3. The van der Waals surface area contributed by atoms with Gasteiger partial charge in [0.05, 0.1) is 12.2 Å². The van der Waals surface area contributed by atoms with Gasteiger partial charge in [0.25, 0.3) is 5.91 Å². The molecule has 8 heteroatoms. The molecule has 0 bridgehead atoms. The zero-order chi connectivity index (χ0) is 18.5. The van der Waals surface area contributed by atoms with Crippen molar-refractivity contribution in [2.24, 2.45) is 0 Å². The summed E-state index contributed by atoms with van der Waals surface area (Å²) in [5.74, 6) is 0.913. The van der Waals surface area contributed by atoms with Crippen molar-refractivity contribution in [2.45, 2.75) is 25.8 Å². The van der Waals surface area contributed by atoms with Crippen LogP contribution in [0.2, 0.25) is 0 Å². The smallest absolute Gasteiger partial charge is 0.273 e. The van der Waals surface area contributed by atoms with Gasteiger partial charge in [0.15, 0.2) is 11.5 Å². The molecule has 1 N–H and O–H groups in total. The highest BCUT2D eigenvalue weighted by molar-refractivity contribution is 5.92. The van der Waals surface area contributed by atoms with Crippen LogP contribution in [0.5, 0.6) is 0 Å². The van der Waals surface area contributed by atoms with Crippen molar-refractivity contribution in [1.82, 2.24) is 25.4 Å². The first-order valence-corrected chi connectivity index (χ1v) is 9.02. The van der Waals surface area contributed by atoms with Crippen molar-refractivity contribution in [3.8, 4) is 11.3 Å². The minimum absolute atomic E-state index is 0.221. The average Bonchev–Trinajstić information content (AvgIpc) is 3.24. The summed E-state index contributed by atoms with van der Waals surface area (Å²) in [6.45, 7) is 2.26. The molecule has 27 heavy (non-hydrogen) atoms. The molecule has 0 saturated carbocycles. The summed E-state index contributed by atoms with van der Waals surface area (Å²) in [6.07, 6.45) is 8.64. The maximum absolute atomic E-state index is 12.3. The number of aromatic nitrogens is 4. The van der Waals surface area contributed by atoms with E-state index in [1.165, 1.54) is 6.42 Å². The van der Waals surface area contributed by atoms with Crippen LogP contribution in [0.4, 0.5) is 5.95 Å².